The molecule has 3 aromatic rings. The third kappa shape index (κ3) is 3.43. The fraction of sp³-hybridized carbons (Fsp3) is 0.0667. The summed E-state index contributed by atoms with van der Waals surface area (Å²) in [6.45, 7) is -0.164. The summed E-state index contributed by atoms with van der Waals surface area (Å²) in [6.07, 6.45) is 3.00. The highest BCUT2D eigenvalue weighted by molar-refractivity contribution is 5.99. The Hall–Kier alpha value is -3.42. The van der Waals surface area contributed by atoms with Crippen molar-refractivity contribution in [2.45, 2.75) is 0 Å². The van der Waals surface area contributed by atoms with Crippen molar-refractivity contribution in [1.82, 2.24) is 20.3 Å². The van der Waals surface area contributed by atoms with Gasteiger partial charge in [0.2, 0.25) is 5.91 Å². The van der Waals surface area contributed by atoms with Gasteiger partial charge in [0.05, 0.1) is 17.6 Å². The zero-order chi connectivity index (χ0) is 16.2. The molecule has 8 nitrogen and oxygen atoms in total. The van der Waals surface area contributed by atoms with E-state index in [1.54, 1.807) is 30.3 Å². The maximum atomic E-state index is 11.9. The molecule has 0 fully saturated rings. The number of imidazole rings is 1. The van der Waals surface area contributed by atoms with E-state index in [-0.39, 0.29) is 24.0 Å². The maximum Gasteiger partial charge on any atom is 0.323 e. The van der Waals surface area contributed by atoms with Crippen LogP contribution in [0.15, 0.2) is 47.5 Å². The lowest BCUT2D eigenvalue weighted by atomic mass is 10.2. The lowest BCUT2D eigenvalue weighted by Gasteiger charge is -2.07. The molecule has 2 amide bonds. The molecule has 0 aliphatic carbocycles. The van der Waals surface area contributed by atoms with Gasteiger partial charge in [0.25, 0.3) is 5.91 Å². The minimum absolute atomic E-state index is 0.164. The average molecular weight is 311 g/mol. The Morgan fingerprint density at radius 1 is 1.04 bits per heavy atom. The van der Waals surface area contributed by atoms with Gasteiger partial charge in [-0.3, -0.25) is 14.6 Å². The van der Waals surface area contributed by atoms with Crippen LogP contribution >= 0.6 is 0 Å². The van der Waals surface area contributed by atoms with E-state index >= 15 is 0 Å². The highest BCUT2D eigenvalue weighted by Crippen LogP contribution is 2.14. The Kier molecular flexibility index (Phi) is 3.88. The molecule has 0 aliphatic heterocycles. The molecule has 4 N–H and O–H groups in total. The Morgan fingerprint density at radius 2 is 1.78 bits per heavy atom. The van der Waals surface area contributed by atoms with Crippen molar-refractivity contribution in [3.63, 3.8) is 0 Å². The third-order valence-electron chi connectivity index (χ3n) is 3.15. The lowest BCUT2D eigenvalue weighted by molar-refractivity contribution is -0.115. The molecule has 3 rings (SSSR count). The smallest absolute Gasteiger partial charge is 0.323 e. The number of hydrogen-bond donors (Lipinski definition) is 4. The molecule has 0 spiro atoms. The zero-order valence-electron chi connectivity index (χ0n) is 11.9. The summed E-state index contributed by atoms with van der Waals surface area (Å²) in [5.74, 6) is -0.724. The van der Waals surface area contributed by atoms with Crippen LogP contribution in [0.1, 0.15) is 10.4 Å². The molecule has 2 heterocycles. The highest BCUT2D eigenvalue weighted by atomic mass is 16.2. The summed E-state index contributed by atoms with van der Waals surface area (Å²) in [6, 6.07) is 8.09. The van der Waals surface area contributed by atoms with Crippen molar-refractivity contribution in [3.05, 3.63) is 58.8 Å². The van der Waals surface area contributed by atoms with Gasteiger partial charge in [-0.2, -0.15) is 0 Å². The summed E-state index contributed by atoms with van der Waals surface area (Å²) in [5.41, 5.74) is 1.88. The van der Waals surface area contributed by atoms with E-state index in [0.717, 1.165) is 0 Å². The first-order chi connectivity index (χ1) is 11.1. The minimum atomic E-state index is -0.371. The van der Waals surface area contributed by atoms with Gasteiger partial charge in [-0.25, -0.2) is 4.79 Å². The van der Waals surface area contributed by atoms with E-state index in [1.165, 1.54) is 12.4 Å². The first kappa shape index (κ1) is 14.5. The van der Waals surface area contributed by atoms with Gasteiger partial charge in [-0.1, -0.05) is 0 Å². The summed E-state index contributed by atoms with van der Waals surface area (Å²) >= 11 is 0. The monoisotopic (exact) mass is 311 g/mol. The van der Waals surface area contributed by atoms with Crippen LogP contribution in [0.4, 0.5) is 5.69 Å². The first-order valence-electron chi connectivity index (χ1n) is 6.82. The normalized spacial score (nSPS) is 10.4. The quantitative estimate of drug-likeness (QED) is 0.564. The van der Waals surface area contributed by atoms with E-state index in [1.807, 2.05) is 0 Å². The van der Waals surface area contributed by atoms with Crippen LogP contribution in [0.5, 0.6) is 0 Å². The summed E-state index contributed by atoms with van der Waals surface area (Å²) in [7, 11) is 0. The van der Waals surface area contributed by atoms with Gasteiger partial charge in [0.15, 0.2) is 0 Å². The number of anilines is 1. The molecule has 116 valence electrons. The molecule has 23 heavy (non-hydrogen) atoms. The Labute approximate surface area is 129 Å². The van der Waals surface area contributed by atoms with Crippen LogP contribution in [-0.2, 0) is 4.79 Å². The topological polar surface area (TPSA) is 120 Å². The van der Waals surface area contributed by atoms with Gasteiger partial charge in [0, 0.05) is 23.6 Å². The summed E-state index contributed by atoms with van der Waals surface area (Å²) in [5, 5.41) is 5.17. The van der Waals surface area contributed by atoms with Crippen molar-refractivity contribution >= 4 is 28.5 Å². The van der Waals surface area contributed by atoms with Gasteiger partial charge in [0.1, 0.15) is 0 Å². The molecular weight excluding hydrogens is 298 g/mol. The molecule has 8 heteroatoms. The SMILES string of the molecule is O=C(CNC(=O)c1ccncc1)Nc1ccc2[nH]c(=O)[nH]c2c1. The number of H-pyrrole nitrogens is 2. The number of aromatic nitrogens is 3. The first-order valence-corrected chi connectivity index (χ1v) is 6.82. The number of carbonyl (C=O) groups is 2. The number of hydrogen-bond acceptors (Lipinski definition) is 4. The van der Waals surface area contributed by atoms with E-state index in [2.05, 4.69) is 25.6 Å². The van der Waals surface area contributed by atoms with Crippen molar-refractivity contribution < 1.29 is 9.59 Å². The molecule has 0 unspecified atom stereocenters. The minimum Gasteiger partial charge on any atom is -0.343 e. The van der Waals surface area contributed by atoms with Crippen molar-refractivity contribution in [2.24, 2.45) is 0 Å². The second-order valence-corrected chi connectivity index (χ2v) is 4.81. The number of fused-ring (bicyclic) bond motifs is 1. The zero-order valence-corrected chi connectivity index (χ0v) is 11.9. The van der Waals surface area contributed by atoms with Crippen LogP contribution in [0.2, 0.25) is 0 Å². The van der Waals surface area contributed by atoms with Gasteiger partial charge < -0.3 is 20.6 Å². The molecule has 0 aliphatic rings. The number of benzene rings is 1. The second-order valence-electron chi connectivity index (χ2n) is 4.81. The number of nitrogens with one attached hydrogen (secondary N) is 4. The molecular formula is C15H13N5O3. The molecule has 0 radical (unpaired) electrons. The van der Waals surface area contributed by atoms with Crippen LogP contribution in [0.25, 0.3) is 11.0 Å². The Balaban J connectivity index is 1.60. The fourth-order valence-corrected chi connectivity index (χ4v) is 2.08. The third-order valence-corrected chi connectivity index (χ3v) is 3.15. The summed E-state index contributed by atoms with van der Waals surface area (Å²) < 4.78 is 0. The van der Waals surface area contributed by atoms with Crippen LogP contribution < -0.4 is 16.3 Å². The number of aromatic amines is 2. The average Bonchev–Trinajstić information content (AvgIpc) is 2.92. The van der Waals surface area contributed by atoms with Gasteiger partial charge in [-0.05, 0) is 30.3 Å². The number of nitrogens with zero attached hydrogens (tertiary/aromatic N) is 1. The number of pyridine rings is 1. The van der Waals surface area contributed by atoms with Gasteiger partial charge >= 0.3 is 5.69 Å². The van der Waals surface area contributed by atoms with E-state index in [9.17, 15) is 14.4 Å². The molecule has 0 atom stereocenters. The largest absolute Gasteiger partial charge is 0.343 e. The molecule has 0 bridgehead atoms. The number of rotatable bonds is 4. The fourth-order valence-electron chi connectivity index (χ4n) is 2.08. The Morgan fingerprint density at radius 3 is 2.57 bits per heavy atom. The van der Waals surface area contributed by atoms with Crippen LogP contribution in [0.3, 0.4) is 0 Å². The standard InChI is InChI=1S/C15H13N5O3/c21-13(8-17-14(22)9-3-5-16-6-4-9)18-10-1-2-11-12(7-10)20-15(23)19-11/h1-7H,8H2,(H,17,22)(H,18,21)(H2,19,20,23). The number of carbonyl (C=O) groups excluding carboxylic acids is 2. The van der Waals surface area contributed by atoms with E-state index in [0.29, 0.717) is 22.3 Å². The Bertz CT molecular complexity index is 914. The van der Waals surface area contributed by atoms with Crippen LogP contribution in [0, 0.1) is 0 Å². The van der Waals surface area contributed by atoms with Crippen molar-refractivity contribution in [3.8, 4) is 0 Å². The molecule has 2 aromatic heterocycles. The molecule has 1 aromatic carbocycles. The van der Waals surface area contributed by atoms with Crippen molar-refractivity contribution in [2.75, 3.05) is 11.9 Å². The maximum absolute atomic E-state index is 11.9. The summed E-state index contributed by atoms with van der Waals surface area (Å²) in [4.78, 5) is 43.9. The predicted octanol–water partition coefficient (Wildman–Crippen LogP) is 0.620. The highest BCUT2D eigenvalue weighted by Gasteiger charge is 2.08. The van der Waals surface area contributed by atoms with E-state index in [4.69, 9.17) is 0 Å². The van der Waals surface area contributed by atoms with Crippen molar-refractivity contribution in [1.29, 1.82) is 0 Å². The second kappa shape index (κ2) is 6.14. The number of amides is 2. The predicted molar refractivity (Wildman–Crippen MR) is 84.1 cm³/mol. The van der Waals surface area contributed by atoms with Crippen LogP contribution in [-0.4, -0.2) is 33.3 Å². The van der Waals surface area contributed by atoms with Gasteiger partial charge in [-0.15, -0.1) is 0 Å². The molecule has 0 saturated heterocycles. The van der Waals surface area contributed by atoms with E-state index < -0.39 is 0 Å². The molecule has 0 saturated carbocycles. The lowest BCUT2D eigenvalue weighted by Crippen LogP contribution is -2.32.